The summed E-state index contributed by atoms with van der Waals surface area (Å²) in [6.07, 6.45) is 1.60. The summed E-state index contributed by atoms with van der Waals surface area (Å²) in [7, 11) is 0. The number of hydrogen-bond acceptors (Lipinski definition) is 2. The Morgan fingerprint density at radius 3 is 2.38 bits per heavy atom. The Hall–Kier alpha value is -2.62. The maximum atomic E-state index is 13.0. The molecule has 0 atom stereocenters. The zero-order valence-electron chi connectivity index (χ0n) is 15.5. The Morgan fingerprint density at radius 2 is 1.65 bits per heavy atom. The Labute approximate surface area is 155 Å². The van der Waals surface area contributed by atoms with E-state index in [-0.39, 0.29) is 11.8 Å². The number of hydrogen-bond donors (Lipinski definition) is 1. The first-order valence-corrected chi connectivity index (χ1v) is 9.17. The Balaban J connectivity index is 1.58. The third-order valence-corrected chi connectivity index (χ3v) is 5.06. The molecule has 1 heterocycles. The van der Waals surface area contributed by atoms with Gasteiger partial charge in [-0.15, -0.1) is 0 Å². The van der Waals surface area contributed by atoms with Crippen LogP contribution in [-0.4, -0.2) is 29.8 Å². The number of carbonyl (C=O) groups is 2. The van der Waals surface area contributed by atoms with E-state index in [1.807, 2.05) is 42.5 Å². The van der Waals surface area contributed by atoms with Gasteiger partial charge in [-0.05, 0) is 43.4 Å². The maximum absolute atomic E-state index is 13.0. The molecular weight excluding hydrogens is 324 g/mol. The van der Waals surface area contributed by atoms with Gasteiger partial charge in [0.1, 0.15) is 5.41 Å². The predicted octanol–water partition coefficient (Wildman–Crippen LogP) is 2.96. The minimum absolute atomic E-state index is 0.107. The molecule has 0 fully saturated rings. The summed E-state index contributed by atoms with van der Waals surface area (Å²) in [6, 6.07) is 18.2. The van der Waals surface area contributed by atoms with Gasteiger partial charge in [0.15, 0.2) is 0 Å². The summed E-state index contributed by atoms with van der Waals surface area (Å²) in [5.41, 5.74) is 2.57. The van der Waals surface area contributed by atoms with Crippen molar-refractivity contribution >= 4 is 11.8 Å². The van der Waals surface area contributed by atoms with E-state index < -0.39 is 5.41 Å². The zero-order valence-corrected chi connectivity index (χ0v) is 15.5. The molecule has 0 saturated heterocycles. The van der Waals surface area contributed by atoms with Gasteiger partial charge in [-0.3, -0.25) is 9.59 Å². The number of carbonyl (C=O) groups excluding carboxylic acids is 2. The Bertz CT molecular complexity index is 784. The van der Waals surface area contributed by atoms with E-state index in [0.29, 0.717) is 19.6 Å². The quantitative estimate of drug-likeness (QED) is 0.843. The lowest BCUT2D eigenvalue weighted by molar-refractivity contribution is -0.149. The fourth-order valence-corrected chi connectivity index (χ4v) is 3.35. The molecule has 0 bridgehead atoms. The molecule has 0 radical (unpaired) electrons. The summed E-state index contributed by atoms with van der Waals surface area (Å²) < 4.78 is 0. The van der Waals surface area contributed by atoms with Gasteiger partial charge in [-0.25, -0.2) is 0 Å². The fraction of sp³-hybridized carbons (Fsp3) is 0.364. The summed E-state index contributed by atoms with van der Waals surface area (Å²) in [6.45, 7) is 5.20. The summed E-state index contributed by atoms with van der Waals surface area (Å²) in [5, 5.41) is 2.92. The van der Waals surface area contributed by atoms with E-state index in [1.165, 1.54) is 16.7 Å². The molecule has 3 rings (SSSR count). The van der Waals surface area contributed by atoms with Gasteiger partial charge in [0.2, 0.25) is 11.8 Å². The SMILES string of the molecule is CC(C)(C(=O)NCCc1ccccc1)C(=O)N1CCc2ccccc2C1. The van der Waals surface area contributed by atoms with Crippen LogP contribution in [-0.2, 0) is 29.0 Å². The Morgan fingerprint density at radius 1 is 1.00 bits per heavy atom. The van der Waals surface area contributed by atoms with Crippen LogP contribution in [0.4, 0.5) is 0 Å². The van der Waals surface area contributed by atoms with Crippen LogP contribution in [0.25, 0.3) is 0 Å². The van der Waals surface area contributed by atoms with Crippen molar-refractivity contribution in [2.45, 2.75) is 33.2 Å². The molecule has 136 valence electrons. The largest absolute Gasteiger partial charge is 0.355 e. The van der Waals surface area contributed by atoms with Crippen LogP contribution in [0.2, 0.25) is 0 Å². The highest BCUT2D eigenvalue weighted by molar-refractivity contribution is 6.04. The number of benzene rings is 2. The van der Waals surface area contributed by atoms with E-state index in [9.17, 15) is 9.59 Å². The van der Waals surface area contributed by atoms with Crippen LogP contribution >= 0.6 is 0 Å². The third-order valence-electron chi connectivity index (χ3n) is 5.06. The van der Waals surface area contributed by atoms with Crippen molar-refractivity contribution in [3.05, 3.63) is 71.3 Å². The van der Waals surface area contributed by atoms with Crippen molar-refractivity contribution in [2.24, 2.45) is 5.41 Å². The van der Waals surface area contributed by atoms with Crippen LogP contribution in [0, 0.1) is 5.41 Å². The lowest BCUT2D eigenvalue weighted by Gasteiger charge is -2.34. The summed E-state index contributed by atoms with van der Waals surface area (Å²) in [5.74, 6) is -0.318. The molecule has 4 heteroatoms. The molecule has 0 aliphatic carbocycles. The first-order valence-electron chi connectivity index (χ1n) is 9.17. The molecular formula is C22H26N2O2. The number of amides is 2. The standard InChI is InChI=1S/C22H26N2O2/c1-22(2,20(25)23-14-12-17-8-4-3-5-9-17)21(26)24-15-13-18-10-6-7-11-19(18)16-24/h3-11H,12-16H2,1-2H3,(H,23,25). The molecule has 0 unspecified atom stereocenters. The van der Waals surface area contributed by atoms with Crippen LogP contribution in [0.1, 0.15) is 30.5 Å². The smallest absolute Gasteiger partial charge is 0.238 e. The van der Waals surface area contributed by atoms with Gasteiger partial charge in [-0.2, -0.15) is 0 Å². The molecule has 1 aliphatic heterocycles. The van der Waals surface area contributed by atoms with Gasteiger partial charge < -0.3 is 10.2 Å². The van der Waals surface area contributed by atoms with Gasteiger partial charge in [0.05, 0.1) is 0 Å². The van der Waals surface area contributed by atoms with Crippen LogP contribution in [0.5, 0.6) is 0 Å². The number of nitrogens with one attached hydrogen (secondary N) is 1. The molecule has 1 N–H and O–H groups in total. The average molecular weight is 350 g/mol. The van der Waals surface area contributed by atoms with E-state index in [2.05, 4.69) is 17.4 Å². The molecule has 2 aromatic carbocycles. The van der Waals surface area contributed by atoms with Crippen LogP contribution in [0.3, 0.4) is 0 Å². The van der Waals surface area contributed by atoms with E-state index in [1.54, 1.807) is 18.7 Å². The first kappa shape index (κ1) is 18.2. The molecule has 2 aromatic rings. The van der Waals surface area contributed by atoms with Crippen molar-refractivity contribution < 1.29 is 9.59 Å². The highest BCUT2D eigenvalue weighted by atomic mass is 16.2. The van der Waals surface area contributed by atoms with Crippen molar-refractivity contribution in [1.29, 1.82) is 0 Å². The lowest BCUT2D eigenvalue weighted by Crippen LogP contribution is -2.51. The molecule has 2 amide bonds. The fourth-order valence-electron chi connectivity index (χ4n) is 3.35. The average Bonchev–Trinajstić information content (AvgIpc) is 2.67. The van der Waals surface area contributed by atoms with Gasteiger partial charge >= 0.3 is 0 Å². The molecule has 0 saturated carbocycles. The first-order chi connectivity index (χ1) is 12.5. The van der Waals surface area contributed by atoms with E-state index in [4.69, 9.17) is 0 Å². The van der Waals surface area contributed by atoms with Crippen molar-refractivity contribution in [3.8, 4) is 0 Å². The summed E-state index contributed by atoms with van der Waals surface area (Å²) >= 11 is 0. The van der Waals surface area contributed by atoms with Gasteiger partial charge in [0, 0.05) is 19.6 Å². The van der Waals surface area contributed by atoms with Crippen LogP contribution in [0.15, 0.2) is 54.6 Å². The van der Waals surface area contributed by atoms with Gasteiger partial charge in [0.25, 0.3) is 0 Å². The maximum Gasteiger partial charge on any atom is 0.238 e. The summed E-state index contributed by atoms with van der Waals surface area (Å²) in [4.78, 5) is 27.4. The normalized spacial score (nSPS) is 13.8. The highest BCUT2D eigenvalue weighted by Gasteiger charge is 2.39. The van der Waals surface area contributed by atoms with E-state index in [0.717, 1.165) is 12.8 Å². The minimum Gasteiger partial charge on any atom is -0.355 e. The lowest BCUT2D eigenvalue weighted by atomic mass is 9.88. The molecule has 26 heavy (non-hydrogen) atoms. The highest BCUT2D eigenvalue weighted by Crippen LogP contribution is 2.25. The van der Waals surface area contributed by atoms with E-state index >= 15 is 0 Å². The molecule has 0 aromatic heterocycles. The van der Waals surface area contributed by atoms with Crippen molar-refractivity contribution in [1.82, 2.24) is 10.2 Å². The molecule has 0 spiro atoms. The van der Waals surface area contributed by atoms with Crippen LogP contribution < -0.4 is 5.32 Å². The number of fused-ring (bicyclic) bond motifs is 1. The molecule has 4 nitrogen and oxygen atoms in total. The Kier molecular flexibility index (Phi) is 5.40. The minimum atomic E-state index is -1.07. The second kappa shape index (κ2) is 7.73. The monoisotopic (exact) mass is 350 g/mol. The predicted molar refractivity (Wildman–Crippen MR) is 102 cm³/mol. The zero-order chi connectivity index (χ0) is 18.6. The van der Waals surface area contributed by atoms with Crippen molar-refractivity contribution in [2.75, 3.05) is 13.1 Å². The van der Waals surface area contributed by atoms with Gasteiger partial charge in [-0.1, -0.05) is 54.6 Å². The number of nitrogens with zero attached hydrogens (tertiary/aromatic N) is 1. The topological polar surface area (TPSA) is 49.4 Å². The molecule has 1 aliphatic rings. The third kappa shape index (κ3) is 3.96. The second-order valence-electron chi connectivity index (χ2n) is 7.36. The second-order valence-corrected chi connectivity index (χ2v) is 7.36. The van der Waals surface area contributed by atoms with Crippen molar-refractivity contribution in [3.63, 3.8) is 0 Å². The number of rotatable bonds is 5.